The Morgan fingerprint density at radius 1 is 1.58 bits per heavy atom. The van der Waals surface area contributed by atoms with Crippen molar-refractivity contribution in [1.82, 2.24) is 0 Å². The van der Waals surface area contributed by atoms with Crippen LogP contribution in [0.1, 0.15) is 6.42 Å². The van der Waals surface area contributed by atoms with E-state index in [1.807, 2.05) is 0 Å². The molecule has 0 aromatic heterocycles. The molecule has 0 aliphatic carbocycles. The van der Waals surface area contributed by atoms with Crippen molar-refractivity contribution in [2.45, 2.75) is 6.42 Å². The van der Waals surface area contributed by atoms with E-state index >= 15 is 0 Å². The normalized spacial score (nSPS) is 10.6. The molecule has 0 aliphatic heterocycles. The molecule has 1 N–H and O–H groups in total. The number of hydrogen-bond donors (Lipinski definition) is 1. The summed E-state index contributed by atoms with van der Waals surface area (Å²) in [5, 5.41) is 0. The third kappa shape index (κ3) is 7.34. The van der Waals surface area contributed by atoms with Crippen molar-refractivity contribution in [1.29, 1.82) is 0 Å². The van der Waals surface area contributed by atoms with Gasteiger partial charge < -0.3 is 4.74 Å². The summed E-state index contributed by atoms with van der Waals surface area (Å²) in [6, 6.07) is 0. The van der Waals surface area contributed by atoms with Gasteiger partial charge in [0.25, 0.3) is 0 Å². The van der Waals surface area contributed by atoms with Crippen LogP contribution in [-0.2, 0) is 18.6 Å². The van der Waals surface area contributed by atoms with Crippen LogP contribution in [0.25, 0.3) is 0 Å². The molecule has 0 aliphatic rings. The fraction of sp³-hybridized carbons (Fsp3) is 0.500. The highest BCUT2D eigenvalue weighted by Crippen LogP contribution is 2.13. The Labute approximate surface area is 70.9 Å². The minimum Gasteiger partial charge on any atom is -0.462 e. The SMILES string of the molecule is C=CC(=O)OCCCO[P+](=O)O. The van der Waals surface area contributed by atoms with Gasteiger partial charge in [-0.15, -0.1) is 9.42 Å². The molecule has 0 radical (unpaired) electrons. The highest BCUT2D eigenvalue weighted by atomic mass is 31.1. The Morgan fingerprint density at radius 3 is 2.75 bits per heavy atom. The van der Waals surface area contributed by atoms with Crippen LogP contribution in [0.5, 0.6) is 0 Å². The quantitative estimate of drug-likeness (QED) is 0.292. The Kier molecular flexibility index (Phi) is 6.47. The van der Waals surface area contributed by atoms with E-state index in [2.05, 4.69) is 15.8 Å². The Balaban J connectivity index is 3.16. The van der Waals surface area contributed by atoms with Gasteiger partial charge in [-0.25, -0.2) is 4.79 Å². The maximum absolute atomic E-state index is 10.4. The van der Waals surface area contributed by atoms with Crippen LogP contribution >= 0.6 is 8.25 Å². The van der Waals surface area contributed by atoms with E-state index in [9.17, 15) is 9.36 Å². The first-order valence-electron chi connectivity index (χ1n) is 3.25. The van der Waals surface area contributed by atoms with E-state index in [0.29, 0.717) is 6.42 Å². The first kappa shape index (κ1) is 11.2. The van der Waals surface area contributed by atoms with Crippen LogP contribution in [0.2, 0.25) is 0 Å². The van der Waals surface area contributed by atoms with Gasteiger partial charge in [0.15, 0.2) is 0 Å². The highest BCUT2D eigenvalue weighted by molar-refractivity contribution is 7.32. The molecule has 1 atom stereocenters. The third-order valence-corrected chi connectivity index (χ3v) is 1.30. The number of carbonyl (C=O) groups is 1. The van der Waals surface area contributed by atoms with E-state index in [0.717, 1.165) is 6.08 Å². The van der Waals surface area contributed by atoms with Crippen molar-refractivity contribution in [3.63, 3.8) is 0 Å². The lowest BCUT2D eigenvalue weighted by Crippen LogP contribution is -2.03. The number of carbonyl (C=O) groups excluding carboxylic acids is 1. The summed E-state index contributed by atoms with van der Waals surface area (Å²) in [5.41, 5.74) is 0. The van der Waals surface area contributed by atoms with Gasteiger partial charge in [0.2, 0.25) is 0 Å². The van der Waals surface area contributed by atoms with Crippen molar-refractivity contribution < 1.29 is 23.5 Å². The molecule has 68 valence electrons. The molecule has 0 rings (SSSR count). The van der Waals surface area contributed by atoms with E-state index in [-0.39, 0.29) is 13.2 Å². The summed E-state index contributed by atoms with van der Waals surface area (Å²) >= 11 is 0. The van der Waals surface area contributed by atoms with Crippen molar-refractivity contribution >= 4 is 14.2 Å². The second kappa shape index (κ2) is 6.91. The van der Waals surface area contributed by atoms with Crippen LogP contribution in [0, 0.1) is 0 Å². The molecule has 0 heterocycles. The van der Waals surface area contributed by atoms with Gasteiger partial charge in [0.1, 0.15) is 6.61 Å². The fourth-order valence-corrected chi connectivity index (χ4v) is 0.719. The molecule has 0 aromatic carbocycles. The zero-order chi connectivity index (χ0) is 9.40. The van der Waals surface area contributed by atoms with Gasteiger partial charge >= 0.3 is 14.2 Å². The lowest BCUT2D eigenvalue weighted by Gasteiger charge is -1.97. The maximum Gasteiger partial charge on any atom is 0.694 e. The maximum atomic E-state index is 10.4. The van der Waals surface area contributed by atoms with Gasteiger partial charge in [0, 0.05) is 17.1 Å². The van der Waals surface area contributed by atoms with Crippen LogP contribution < -0.4 is 0 Å². The minimum absolute atomic E-state index is 0.0934. The van der Waals surface area contributed by atoms with Gasteiger partial charge in [0.05, 0.1) is 6.61 Å². The number of esters is 1. The summed E-state index contributed by atoms with van der Waals surface area (Å²) in [6.07, 6.45) is 1.44. The second-order valence-corrected chi connectivity index (χ2v) is 2.53. The molecule has 12 heavy (non-hydrogen) atoms. The molecule has 0 saturated carbocycles. The largest absolute Gasteiger partial charge is 0.694 e. The van der Waals surface area contributed by atoms with E-state index < -0.39 is 14.2 Å². The van der Waals surface area contributed by atoms with Gasteiger partial charge in [-0.05, 0) is 0 Å². The molecular formula is C6H10O5P+. The number of hydrogen-bond acceptors (Lipinski definition) is 4. The monoisotopic (exact) mass is 193 g/mol. The molecule has 0 aromatic rings. The molecule has 0 bridgehead atoms. The summed E-state index contributed by atoms with van der Waals surface area (Å²) < 4.78 is 18.8. The van der Waals surface area contributed by atoms with Gasteiger partial charge in [-0.1, -0.05) is 6.58 Å². The third-order valence-electron chi connectivity index (χ3n) is 0.901. The zero-order valence-electron chi connectivity index (χ0n) is 6.43. The van der Waals surface area contributed by atoms with Crippen molar-refractivity contribution in [2.24, 2.45) is 0 Å². The Morgan fingerprint density at radius 2 is 2.25 bits per heavy atom. The van der Waals surface area contributed by atoms with E-state index in [1.54, 1.807) is 0 Å². The lowest BCUT2D eigenvalue weighted by molar-refractivity contribution is -0.137. The minimum atomic E-state index is -2.55. The highest BCUT2D eigenvalue weighted by Gasteiger charge is 2.10. The standard InChI is InChI=1S/C6H9O5P/c1-2-6(7)10-4-3-5-11-12(8)9/h2H,1,3-5H2/p+1. The lowest BCUT2D eigenvalue weighted by atomic mass is 10.5. The summed E-state index contributed by atoms with van der Waals surface area (Å²) in [4.78, 5) is 18.6. The smallest absolute Gasteiger partial charge is 0.462 e. The molecule has 1 unspecified atom stereocenters. The average Bonchev–Trinajstić information content (AvgIpc) is 2.03. The first-order valence-corrected chi connectivity index (χ1v) is 4.38. The molecule has 5 nitrogen and oxygen atoms in total. The molecule has 0 fully saturated rings. The fourth-order valence-electron chi connectivity index (χ4n) is 0.433. The van der Waals surface area contributed by atoms with Crippen LogP contribution in [-0.4, -0.2) is 24.1 Å². The van der Waals surface area contributed by atoms with Crippen LogP contribution in [0.3, 0.4) is 0 Å². The molecule has 0 amide bonds. The second-order valence-electron chi connectivity index (χ2n) is 1.80. The topological polar surface area (TPSA) is 72.8 Å². The predicted molar refractivity (Wildman–Crippen MR) is 41.6 cm³/mol. The van der Waals surface area contributed by atoms with E-state index in [4.69, 9.17) is 4.89 Å². The van der Waals surface area contributed by atoms with E-state index in [1.165, 1.54) is 0 Å². The summed E-state index contributed by atoms with van der Waals surface area (Å²) in [5.74, 6) is -0.511. The molecule has 0 saturated heterocycles. The predicted octanol–water partition coefficient (Wildman–Crippen LogP) is 0.772. The van der Waals surface area contributed by atoms with Crippen molar-refractivity contribution in [3.8, 4) is 0 Å². The molecule has 6 heteroatoms. The summed E-state index contributed by atoms with van der Waals surface area (Å²) in [7, 11) is -2.55. The van der Waals surface area contributed by atoms with Gasteiger partial charge in [-0.2, -0.15) is 0 Å². The average molecular weight is 193 g/mol. The number of ether oxygens (including phenoxy) is 1. The van der Waals surface area contributed by atoms with Crippen LogP contribution in [0.15, 0.2) is 12.7 Å². The Hall–Kier alpha value is -0.770. The first-order chi connectivity index (χ1) is 5.66. The van der Waals surface area contributed by atoms with Crippen molar-refractivity contribution in [3.05, 3.63) is 12.7 Å². The zero-order valence-corrected chi connectivity index (χ0v) is 7.33. The molecule has 0 spiro atoms. The molecular weight excluding hydrogens is 183 g/mol. The summed E-state index contributed by atoms with van der Waals surface area (Å²) in [6.45, 7) is 3.45. The van der Waals surface area contributed by atoms with Gasteiger partial charge in [-0.3, -0.25) is 0 Å². The van der Waals surface area contributed by atoms with Crippen LogP contribution in [0.4, 0.5) is 0 Å². The van der Waals surface area contributed by atoms with Crippen molar-refractivity contribution in [2.75, 3.05) is 13.2 Å². The Bertz CT molecular complexity index is 179. The number of rotatable bonds is 6.